The standard InChI is InChI=1S/C16H15N3O2S/c1-21-14-8-7-11(9-13(14)20)10-17-16-18-15(19-22-16)12-5-3-2-4-6-12/h2-9,20H,10H2,1H3,(H,17,18,19). The lowest BCUT2D eigenvalue weighted by Gasteiger charge is -2.06. The van der Waals surface area contributed by atoms with Gasteiger partial charge in [-0.15, -0.1) is 0 Å². The number of aromatic nitrogens is 2. The lowest BCUT2D eigenvalue weighted by atomic mass is 10.2. The van der Waals surface area contributed by atoms with Crippen molar-refractivity contribution in [2.45, 2.75) is 6.54 Å². The topological polar surface area (TPSA) is 67.3 Å². The summed E-state index contributed by atoms with van der Waals surface area (Å²) in [5.74, 6) is 1.31. The van der Waals surface area contributed by atoms with Crippen LogP contribution in [0.2, 0.25) is 0 Å². The third-order valence-electron chi connectivity index (χ3n) is 3.15. The van der Waals surface area contributed by atoms with Crippen LogP contribution in [0.3, 0.4) is 0 Å². The van der Waals surface area contributed by atoms with Crippen molar-refractivity contribution in [2.75, 3.05) is 12.4 Å². The number of aromatic hydroxyl groups is 1. The van der Waals surface area contributed by atoms with Crippen molar-refractivity contribution >= 4 is 16.7 Å². The van der Waals surface area contributed by atoms with Crippen LogP contribution in [0.5, 0.6) is 11.5 Å². The molecule has 6 heteroatoms. The molecular formula is C16H15N3O2S. The monoisotopic (exact) mass is 313 g/mol. The maximum Gasteiger partial charge on any atom is 0.203 e. The van der Waals surface area contributed by atoms with E-state index in [-0.39, 0.29) is 5.75 Å². The van der Waals surface area contributed by atoms with Crippen LogP contribution in [-0.2, 0) is 6.54 Å². The Balaban J connectivity index is 1.67. The molecule has 3 rings (SSSR count). The third-order valence-corrected chi connectivity index (χ3v) is 3.82. The van der Waals surface area contributed by atoms with E-state index in [1.807, 2.05) is 36.4 Å². The van der Waals surface area contributed by atoms with E-state index in [2.05, 4.69) is 14.7 Å². The molecule has 0 aliphatic heterocycles. The van der Waals surface area contributed by atoms with E-state index >= 15 is 0 Å². The normalized spacial score (nSPS) is 10.4. The fourth-order valence-electron chi connectivity index (χ4n) is 2.02. The van der Waals surface area contributed by atoms with Gasteiger partial charge in [-0.1, -0.05) is 36.4 Å². The highest BCUT2D eigenvalue weighted by atomic mass is 32.1. The molecule has 0 saturated carbocycles. The third kappa shape index (κ3) is 3.17. The number of hydrogen-bond acceptors (Lipinski definition) is 6. The Morgan fingerprint density at radius 2 is 2.00 bits per heavy atom. The predicted molar refractivity (Wildman–Crippen MR) is 87.3 cm³/mol. The summed E-state index contributed by atoms with van der Waals surface area (Å²) in [5.41, 5.74) is 1.93. The van der Waals surface area contributed by atoms with Gasteiger partial charge in [0.05, 0.1) is 7.11 Å². The average molecular weight is 313 g/mol. The molecule has 0 fully saturated rings. The second-order valence-corrected chi connectivity index (χ2v) is 5.40. The van der Waals surface area contributed by atoms with Crippen molar-refractivity contribution in [1.29, 1.82) is 0 Å². The van der Waals surface area contributed by atoms with Gasteiger partial charge < -0.3 is 15.2 Å². The first-order chi connectivity index (χ1) is 10.8. The average Bonchev–Trinajstić information content (AvgIpc) is 3.03. The van der Waals surface area contributed by atoms with Gasteiger partial charge in [0.1, 0.15) is 0 Å². The molecule has 2 aromatic carbocycles. The molecule has 22 heavy (non-hydrogen) atoms. The summed E-state index contributed by atoms with van der Waals surface area (Å²) in [7, 11) is 1.53. The molecule has 0 unspecified atom stereocenters. The first kappa shape index (κ1) is 14.3. The molecule has 2 N–H and O–H groups in total. The maximum atomic E-state index is 9.76. The molecule has 3 aromatic rings. The molecule has 0 atom stereocenters. The Hall–Kier alpha value is -2.60. The molecule has 5 nitrogen and oxygen atoms in total. The molecule has 0 saturated heterocycles. The number of methoxy groups -OCH3 is 1. The first-order valence-electron chi connectivity index (χ1n) is 6.75. The highest BCUT2D eigenvalue weighted by Crippen LogP contribution is 2.27. The van der Waals surface area contributed by atoms with Crippen molar-refractivity contribution in [3.8, 4) is 22.9 Å². The minimum atomic E-state index is 0.129. The number of phenolic OH excluding ortho intramolecular Hbond substituents is 1. The van der Waals surface area contributed by atoms with E-state index in [1.165, 1.54) is 18.6 Å². The Bertz CT molecular complexity index is 759. The first-order valence-corrected chi connectivity index (χ1v) is 7.52. The van der Waals surface area contributed by atoms with E-state index in [1.54, 1.807) is 12.1 Å². The largest absolute Gasteiger partial charge is 0.504 e. The van der Waals surface area contributed by atoms with Crippen molar-refractivity contribution in [3.05, 3.63) is 54.1 Å². The molecule has 1 aromatic heterocycles. The Labute approximate surface area is 132 Å². The molecule has 1 heterocycles. The van der Waals surface area contributed by atoms with E-state index < -0.39 is 0 Å². The van der Waals surface area contributed by atoms with Gasteiger partial charge in [0.15, 0.2) is 17.3 Å². The number of nitrogens with one attached hydrogen (secondary N) is 1. The Morgan fingerprint density at radius 1 is 1.18 bits per heavy atom. The second-order valence-electron chi connectivity index (χ2n) is 4.65. The molecule has 0 aliphatic rings. The number of benzene rings is 2. The molecule has 112 valence electrons. The van der Waals surface area contributed by atoms with Gasteiger partial charge in [0.2, 0.25) is 5.13 Å². The van der Waals surface area contributed by atoms with Gasteiger partial charge in [-0.3, -0.25) is 0 Å². The van der Waals surface area contributed by atoms with Crippen LogP contribution in [0.15, 0.2) is 48.5 Å². The van der Waals surface area contributed by atoms with Crippen LogP contribution < -0.4 is 10.1 Å². The summed E-state index contributed by atoms with van der Waals surface area (Å²) < 4.78 is 9.37. The van der Waals surface area contributed by atoms with Gasteiger partial charge in [-0.25, -0.2) is 0 Å². The second kappa shape index (κ2) is 6.44. The van der Waals surface area contributed by atoms with Crippen LogP contribution in [0.4, 0.5) is 5.13 Å². The fourth-order valence-corrected chi connectivity index (χ4v) is 2.61. The highest BCUT2D eigenvalue weighted by molar-refractivity contribution is 7.09. The number of ether oxygens (including phenoxy) is 1. The van der Waals surface area contributed by atoms with Crippen LogP contribution in [0, 0.1) is 0 Å². The summed E-state index contributed by atoms with van der Waals surface area (Å²) in [6.07, 6.45) is 0. The predicted octanol–water partition coefficient (Wildman–Crippen LogP) is 3.53. The molecular weight excluding hydrogens is 298 g/mol. The van der Waals surface area contributed by atoms with E-state index in [9.17, 15) is 5.11 Å². The zero-order valence-electron chi connectivity index (χ0n) is 12.0. The summed E-state index contributed by atoms with van der Waals surface area (Å²) in [4.78, 5) is 4.46. The molecule has 0 amide bonds. The van der Waals surface area contributed by atoms with Crippen molar-refractivity contribution in [1.82, 2.24) is 9.36 Å². The lowest BCUT2D eigenvalue weighted by molar-refractivity contribution is 0.373. The van der Waals surface area contributed by atoms with Crippen molar-refractivity contribution in [3.63, 3.8) is 0 Å². The van der Waals surface area contributed by atoms with Crippen LogP contribution >= 0.6 is 11.5 Å². The van der Waals surface area contributed by atoms with Gasteiger partial charge in [0.25, 0.3) is 0 Å². The molecule has 0 radical (unpaired) electrons. The summed E-state index contributed by atoms with van der Waals surface area (Å²) >= 11 is 1.32. The highest BCUT2D eigenvalue weighted by Gasteiger charge is 2.07. The number of nitrogens with zero attached hydrogens (tertiary/aromatic N) is 2. The van der Waals surface area contributed by atoms with Gasteiger partial charge in [-0.05, 0) is 17.7 Å². The lowest BCUT2D eigenvalue weighted by Crippen LogP contribution is -1.99. The minimum Gasteiger partial charge on any atom is -0.504 e. The molecule has 0 bridgehead atoms. The number of anilines is 1. The van der Waals surface area contributed by atoms with E-state index in [0.717, 1.165) is 16.3 Å². The van der Waals surface area contributed by atoms with E-state index in [0.29, 0.717) is 18.1 Å². The van der Waals surface area contributed by atoms with Crippen molar-refractivity contribution in [2.24, 2.45) is 0 Å². The number of hydrogen-bond donors (Lipinski definition) is 2. The minimum absolute atomic E-state index is 0.129. The maximum absolute atomic E-state index is 9.76. The smallest absolute Gasteiger partial charge is 0.203 e. The van der Waals surface area contributed by atoms with Crippen LogP contribution in [0.25, 0.3) is 11.4 Å². The van der Waals surface area contributed by atoms with E-state index in [4.69, 9.17) is 4.74 Å². The zero-order valence-corrected chi connectivity index (χ0v) is 12.8. The van der Waals surface area contributed by atoms with Gasteiger partial charge >= 0.3 is 0 Å². The summed E-state index contributed by atoms with van der Waals surface area (Å²) in [6, 6.07) is 15.1. The Morgan fingerprint density at radius 3 is 2.73 bits per heavy atom. The van der Waals surface area contributed by atoms with Gasteiger partial charge in [-0.2, -0.15) is 9.36 Å². The quantitative estimate of drug-likeness (QED) is 0.754. The molecule has 0 aliphatic carbocycles. The number of rotatable bonds is 5. The SMILES string of the molecule is COc1ccc(CNc2nc(-c3ccccc3)ns2)cc1O. The van der Waals surface area contributed by atoms with Crippen molar-refractivity contribution < 1.29 is 9.84 Å². The van der Waals surface area contributed by atoms with Crippen LogP contribution in [0.1, 0.15) is 5.56 Å². The van der Waals surface area contributed by atoms with Crippen LogP contribution in [-0.4, -0.2) is 21.6 Å². The number of phenols is 1. The Kier molecular flexibility index (Phi) is 4.20. The summed E-state index contributed by atoms with van der Waals surface area (Å²) in [6.45, 7) is 0.557. The molecule has 0 spiro atoms. The summed E-state index contributed by atoms with van der Waals surface area (Å²) in [5, 5.41) is 13.7. The van der Waals surface area contributed by atoms with Gasteiger partial charge in [0, 0.05) is 23.6 Å². The zero-order chi connectivity index (χ0) is 15.4. The fraction of sp³-hybridized carbons (Fsp3) is 0.125.